The molecule has 1 aromatic rings. The number of carbonyl (C=O) groups is 4. The number of aromatic amines is 1. The van der Waals surface area contributed by atoms with Crippen LogP contribution in [0.2, 0.25) is 0 Å². The molecule has 0 saturated carbocycles. The molecule has 1 amide bonds. The Morgan fingerprint density at radius 3 is 2.37 bits per heavy atom. The zero-order chi connectivity index (χ0) is 27.8. The molecule has 38 heavy (non-hydrogen) atoms. The van der Waals surface area contributed by atoms with Crippen LogP contribution >= 0.6 is 0 Å². The fourth-order valence-corrected chi connectivity index (χ4v) is 3.49. The number of aryl methyl sites for hydroxylation is 1. The molecular formula is C26H43N3O9. The third kappa shape index (κ3) is 18.6. The van der Waals surface area contributed by atoms with Gasteiger partial charge in [-0.1, -0.05) is 12.8 Å². The number of H-pyrrole nitrogens is 1. The summed E-state index contributed by atoms with van der Waals surface area (Å²) in [6, 6.07) is 0. The van der Waals surface area contributed by atoms with Gasteiger partial charge in [0.25, 0.3) is 0 Å². The number of amides is 1. The van der Waals surface area contributed by atoms with Gasteiger partial charge in [0.15, 0.2) is 5.78 Å². The molecule has 12 heteroatoms. The maximum absolute atomic E-state index is 12.1. The number of Topliss-reactive ketones (excluding diaryl/α,β-unsaturated/α-hetero) is 2. The monoisotopic (exact) mass is 541 g/mol. The van der Waals surface area contributed by atoms with Crippen molar-refractivity contribution >= 4 is 23.4 Å². The number of ether oxygens (including phenoxy) is 4. The molecule has 0 aliphatic carbocycles. The van der Waals surface area contributed by atoms with Crippen molar-refractivity contribution in [2.45, 2.75) is 58.3 Å². The number of carboxylic acids is 1. The number of unbranched alkanes of at least 4 members (excludes halogenated alkanes) is 2. The lowest BCUT2D eigenvalue weighted by Gasteiger charge is -2.11. The summed E-state index contributed by atoms with van der Waals surface area (Å²) in [5.41, 5.74) is 0.850. The first kappa shape index (κ1) is 33.4. The number of hydrogen-bond donors (Lipinski definition) is 3. The van der Waals surface area contributed by atoms with Crippen molar-refractivity contribution in [1.82, 2.24) is 15.3 Å². The number of aromatic nitrogens is 2. The van der Waals surface area contributed by atoms with Gasteiger partial charge in [-0.25, -0.2) is 4.98 Å². The molecule has 216 valence electrons. The van der Waals surface area contributed by atoms with Crippen molar-refractivity contribution in [2.24, 2.45) is 5.92 Å². The van der Waals surface area contributed by atoms with Crippen LogP contribution in [0.15, 0.2) is 12.5 Å². The summed E-state index contributed by atoms with van der Waals surface area (Å²) in [5, 5.41) is 12.1. The Hall–Kier alpha value is -2.67. The van der Waals surface area contributed by atoms with Crippen molar-refractivity contribution in [2.75, 3.05) is 59.4 Å². The van der Waals surface area contributed by atoms with E-state index < -0.39 is 11.9 Å². The Kier molecular flexibility index (Phi) is 19.6. The Labute approximate surface area is 224 Å². The van der Waals surface area contributed by atoms with E-state index in [-0.39, 0.29) is 50.1 Å². The molecule has 0 unspecified atom stereocenters. The van der Waals surface area contributed by atoms with Gasteiger partial charge in [-0.3, -0.25) is 19.2 Å². The van der Waals surface area contributed by atoms with E-state index in [1.165, 1.54) is 0 Å². The summed E-state index contributed by atoms with van der Waals surface area (Å²) < 4.78 is 20.9. The van der Waals surface area contributed by atoms with Crippen molar-refractivity contribution < 1.29 is 43.2 Å². The highest BCUT2D eigenvalue weighted by Crippen LogP contribution is 2.17. The van der Waals surface area contributed by atoms with Crippen LogP contribution in [0.25, 0.3) is 0 Å². The predicted octanol–water partition coefficient (Wildman–Crippen LogP) is 1.72. The van der Waals surface area contributed by atoms with Crippen molar-refractivity contribution in [3.63, 3.8) is 0 Å². The smallest absolute Gasteiger partial charge is 0.306 e. The second kappa shape index (κ2) is 22.3. The van der Waals surface area contributed by atoms with Gasteiger partial charge in [0, 0.05) is 44.3 Å². The molecule has 0 bridgehead atoms. The van der Waals surface area contributed by atoms with E-state index in [4.69, 9.17) is 18.9 Å². The Balaban J connectivity index is 1.96. The molecule has 0 aliphatic heterocycles. The third-order valence-corrected chi connectivity index (χ3v) is 5.57. The van der Waals surface area contributed by atoms with Gasteiger partial charge < -0.3 is 34.4 Å². The summed E-state index contributed by atoms with van der Waals surface area (Å²) in [5.74, 6) is -1.98. The van der Waals surface area contributed by atoms with E-state index >= 15 is 0 Å². The minimum absolute atomic E-state index is 0.00175. The molecule has 1 heterocycles. The summed E-state index contributed by atoms with van der Waals surface area (Å²) in [4.78, 5) is 53.9. The van der Waals surface area contributed by atoms with Crippen LogP contribution in [0.4, 0.5) is 0 Å². The highest BCUT2D eigenvalue weighted by molar-refractivity contribution is 5.84. The van der Waals surface area contributed by atoms with Gasteiger partial charge in [0.1, 0.15) is 19.0 Å². The number of nitrogens with zero attached hydrogens (tertiary/aromatic N) is 1. The lowest BCUT2D eigenvalue weighted by molar-refractivity contribution is -0.144. The molecule has 1 atom stereocenters. The number of aliphatic carboxylic acids is 1. The Morgan fingerprint density at radius 2 is 1.66 bits per heavy atom. The van der Waals surface area contributed by atoms with Gasteiger partial charge in [-0.2, -0.15) is 0 Å². The van der Waals surface area contributed by atoms with Gasteiger partial charge >= 0.3 is 5.97 Å². The molecule has 0 spiro atoms. The van der Waals surface area contributed by atoms with E-state index in [2.05, 4.69) is 15.3 Å². The van der Waals surface area contributed by atoms with E-state index in [0.717, 1.165) is 5.69 Å². The first-order valence-electron chi connectivity index (χ1n) is 13.2. The highest BCUT2D eigenvalue weighted by atomic mass is 16.5. The summed E-state index contributed by atoms with van der Waals surface area (Å²) in [6.45, 7) is 4.58. The SMILES string of the molecule is CCOCCOCC(=O)NCCOCCOCC(=O)CCCCC[C@H](CC(=O)CCc1cnc[nH]1)C(=O)O. The largest absolute Gasteiger partial charge is 0.481 e. The van der Waals surface area contributed by atoms with E-state index in [1.54, 1.807) is 12.5 Å². The summed E-state index contributed by atoms with van der Waals surface area (Å²) >= 11 is 0. The minimum atomic E-state index is -0.962. The van der Waals surface area contributed by atoms with E-state index in [9.17, 15) is 24.3 Å². The first-order chi connectivity index (χ1) is 18.4. The quantitative estimate of drug-likeness (QED) is 0.147. The van der Waals surface area contributed by atoms with Gasteiger partial charge in [-0.05, 0) is 26.2 Å². The van der Waals surface area contributed by atoms with Crippen LogP contribution in [-0.2, 0) is 44.5 Å². The normalized spacial score (nSPS) is 11.8. The van der Waals surface area contributed by atoms with E-state index in [0.29, 0.717) is 78.1 Å². The van der Waals surface area contributed by atoms with Gasteiger partial charge in [0.2, 0.25) is 5.91 Å². The van der Waals surface area contributed by atoms with Crippen molar-refractivity contribution in [1.29, 1.82) is 0 Å². The molecule has 0 fully saturated rings. The first-order valence-corrected chi connectivity index (χ1v) is 13.2. The minimum Gasteiger partial charge on any atom is -0.481 e. The second-order valence-corrected chi connectivity index (χ2v) is 8.76. The standard InChI is InChI=1S/C26H43N3O9/c1-2-35-12-14-38-19-25(32)28-10-11-36-13-15-37-18-24(31)7-5-3-4-6-21(26(33)34)16-23(30)9-8-22-17-27-20-29-22/h17,20-21H,2-16,18-19H2,1H3,(H,27,29)(H,28,32)(H,33,34)/t21-/m1/s1. The topological polar surface area (TPSA) is 166 Å². The molecule has 1 rings (SSSR count). The molecule has 1 aromatic heterocycles. The predicted molar refractivity (Wildman–Crippen MR) is 138 cm³/mol. The number of imidazole rings is 1. The summed E-state index contributed by atoms with van der Waals surface area (Å²) in [7, 11) is 0. The molecule has 0 saturated heterocycles. The molecule has 3 N–H and O–H groups in total. The fourth-order valence-electron chi connectivity index (χ4n) is 3.49. The molecule has 12 nitrogen and oxygen atoms in total. The molecule has 0 aromatic carbocycles. The van der Waals surface area contributed by atoms with Gasteiger partial charge in [0.05, 0.1) is 45.3 Å². The molecule has 0 radical (unpaired) electrons. The Morgan fingerprint density at radius 1 is 0.921 bits per heavy atom. The van der Waals surface area contributed by atoms with Crippen LogP contribution in [0, 0.1) is 5.92 Å². The zero-order valence-electron chi connectivity index (χ0n) is 22.4. The van der Waals surface area contributed by atoms with Crippen molar-refractivity contribution in [3.05, 3.63) is 18.2 Å². The average molecular weight is 542 g/mol. The number of ketones is 2. The van der Waals surface area contributed by atoms with E-state index in [1.807, 2.05) is 6.92 Å². The highest BCUT2D eigenvalue weighted by Gasteiger charge is 2.20. The summed E-state index contributed by atoms with van der Waals surface area (Å²) in [6.07, 6.45) is 6.79. The van der Waals surface area contributed by atoms with Crippen molar-refractivity contribution in [3.8, 4) is 0 Å². The number of hydrogen-bond acceptors (Lipinski definition) is 9. The third-order valence-electron chi connectivity index (χ3n) is 5.57. The van der Waals surface area contributed by atoms with Crippen LogP contribution in [0.5, 0.6) is 0 Å². The molecular weight excluding hydrogens is 498 g/mol. The number of nitrogens with one attached hydrogen (secondary N) is 2. The van der Waals surface area contributed by atoms with Crippen LogP contribution in [-0.4, -0.2) is 97.9 Å². The number of rotatable bonds is 26. The lowest BCUT2D eigenvalue weighted by atomic mass is 9.94. The number of carbonyl (C=O) groups excluding carboxylic acids is 3. The fraction of sp³-hybridized carbons (Fsp3) is 0.731. The average Bonchev–Trinajstić information content (AvgIpc) is 3.41. The maximum Gasteiger partial charge on any atom is 0.306 e. The Bertz CT molecular complexity index is 787. The van der Waals surface area contributed by atoms with Crippen LogP contribution < -0.4 is 5.32 Å². The number of carboxylic acid groups (broad SMARTS) is 1. The second-order valence-electron chi connectivity index (χ2n) is 8.76. The molecule has 0 aliphatic rings. The lowest BCUT2D eigenvalue weighted by Crippen LogP contribution is -2.31. The zero-order valence-corrected chi connectivity index (χ0v) is 22.4. The van der Waals surface area contributed by atoms with Crippen LogP contribution in [0.3, 0.4) is 0 Å². The van der Waals surface area contributed by atoms with Crippen LogP contribution in [0.1, 0.15) is 57.6 Å². The maximum atomic E-state index is 12.1. The van der Waals surface area contributed by atoms with Gasteiger partial charge in [-0.15, -0.1) is 0 Å².